The number of nitrogens with one attached hydrogen (secondary N) is 3. The van der Waals surface area contributed by atoms with Crippen LogP contribution < -0.4 is 16.0 Å². The molecule has 0 saturated heterocycles. The van der Waals surface area contributed by atoms with Crippen LogP contribution in [0.25, 0.3) is 0 Å². The fourth-order valence-corrected chi connectivity index (χ4v) is 1.59. The van der Waals surface area contributed by atoms with Crippen molar-refractivity contribution < 1.29 is 14.7 Å². The van der Waals surface area contributed by atoms with Crippen LogP contribution in [-0.2, 0) is 11.3 Å². The Bertz CT molecular complexity index is 435. The number of benzene rings is 1. The van der Waals surface area contributed by atoms with E-state index in [1.807, 2.05) is 31.3 Å². The second-order valence-corrected chi connectivity index (χ2v) is 4.07. The Labute approximate surface area is 112 Å². The lowest BCUT2D eigenvalue weighted by molar-refractivity contribution is -0.137. The summed E-state index contributed by atoms with van der Waals surface area (Å²) in [6.45, 7) is 1.00. The zero-order valence-electron chi connectivity index (χ0n) is 10.9. The molecule has 2 amide bonds. The number of amides is 2. The van der Waals surface area contributed by atoms with Crippen LogP contribution in [0.5, 0.6) is 0 Å². The molecule has 0 heterocycles. The molecule has 0 fully saturated rings. The van der Waals surface area contributed by atoms with Crippen LogP contribution in [0, 0.1) is 0 Å². The van der Waals surface area contributed by atoms with Gasteiger partial charge in [0, 0.05) is 25.2 Å². The van der Waals surface area contributed by atoms with Crippen molar-refractivity contribution in [2.24, 2.45) is 0 Å². The first-order chi connectivity index (χ1) is 9.13. The van der Waals surface area contributed by atoms with Gasteiger partial charge in [0.1, 0.15) is 0 Å². The Balaban J connectivity index is 2.41. The van der Waals surface area contributed by atoms with E-state index in [0.29, 0.717) is 19.5 Å². The van der Waals surface area contributed by atoms with Gasteiger partial charge in [-0.15, -0.1) is 0 Å². The molecule has 0 spiro atoms. The maximum atomic E-state index is 11.6. The fraction of sp³-hybridized carbons (Fsp3) is 0.385. The van der Waals surface area contributed by atoms with Crippen molar-refractivity contribution in [2.75, 3.05) is 18.9 Å². The molecule has 4 N–H and O–H groups in total. The fourth-order valence-electron chi connectivity index (χ4n) is 1.59. The molecule has 1 rings (SSSR count). The lowest BCUT2D eigenvalue weighted by Crippen LogP contribution is -2.30. The Hall–Kier alpha value is -2.08. The van der Waals surface area contributed by atoms with E-state index in [9.17, 15) is 9.59 Å². The van der Waals surface area contributed by atoms with Gasteiger partial charge < -0.3 is 21.1 Å². The van der Waals surface area contributed by atoms with E-state index >= 15 is 0 Å². The van der Waals surface area contributed by atoms with Gasteiger partial charge in [0.05, 0.1) is 0 Å². The second-order valence-electron chi connectivity index (χ2n) is 4.07. The van der Waals surface area contributed by atoms with Gasteiger partial charge in [-0.25, -0.2) is 4.79 Å². The molecule has 0 bridgehead atoms. The standard InChI is InChI=1S/C13H19N3O3/c1-14-9-10-5-2-3-6-11(10)16-13(19)15-8-4-7-12(17)18/h2-3,5-6,14H,4,7-9H2,1H3,(H,17,18)(H2,15,16,19). The molecule has 0 aliphatic rings. The number of carboxylic acids is 1. The molecule has 1 aromatic carbocycles. The third-order valence-electron chi connectivity index (χ3n) is 2.49. The van der Waals surface area contributed by atoms with Crippen LogP contribution in [-0.4, -0.2) is 30.7 Å². The normalized spacial score (nSPS) is 9.95. The zero-order chi connectivity index (χ0) is 14.1. The van der Waals surface area contributed by atoms with Gasteiger partial charge >= 0.3 is 12.0 Å². The molecule has 0 radical (unpaired) electrons. The summed E-state index contributed by atoms with van der Waals surface area (Å²) in [5, 5.41) is 16.9. The summed E-state index contributed by atoms with van der Waals surface area (Å²) in [5.74, 6) is -0.860. The Morgan fingerprint density at radius 1 is 1.26 bits per heavy atom. The molecule has 0 aliphatic carbocycles. The summed E-state index contributed by atoms with van der Waals surface area (Å²) < 4.78 is 0. The summed E-state index contributed by atoms with van der Waals surface area (Å²) in [6, 6.07) is 7.18. The molecular formula is C13H19N3O3. The maximum absolute atomic E-state index is 11.6. The minimum atomic E-state index is -0.860. The smallest absolute Gasteiger partial charge is 0.319 e. The molecule has 6 heteroatoms. The molecule has 104 valence electrons. The van der Waals surface area contributed by atoms with Crippen molar-refractivity contribution in [1.29, 1.82) is 0 Å². The van der Waals surface area contributed by atoms with E-state index < -0.39 is 5.97 Å². The number of aliphatic carboxylic acids is 1. The molecular weight excluding hydrogens is 246 g/mol. The van der Waals surface area contributed by atoms with E-state index in [-0.39, 0.29) is 12.5 Å². The van der Waals surface area contributed by atoms with Gasteiger partial charge in [-0.05, 0) is 25.1 Å². The first-order valence-electron chi connectivity index (χ1n) is 6.12. The molecule has 0 saturated carbocycles. The van der Waals surface area contributed by atoms with Crippen LogP contribution in [0.3, 0.4) is 0 Å². The molecule has 0 aliphatic heterocycles. The predicted octanol–water partition coefficient (Wildman–Crippen LogP) is 1.39. The number of hydrogen-bond donors (Lipinski definition) is 4. The highest BCUT2D eigenvalue weighted by Gasteiger charge is 2.05. The first-order valence-corrected chi connectivity index (χ1v) is 6.12. The van der Waals surface area contributed by atoms with Gasteiger partial charge in [0.15, 0.2) is 0 Å². The minimum absolute atomic E-state index is 0.0522. The van der Waals surface area contributed by atoms with Crippen molar-refractivity contribution in [3.63, 3.8) is 0 Å². The zero-order valence-corrected chi connectivity index (χ0v) is 10.9. The third kappa shape index (κ3) is 5.87. The molecule has 0 aromatic heterocycles. The van der Waals surface area contributed by atoms with Gasteiger partial charge in [-0.3, -0.25) is 4.79 Å². The number of hydrogen-bond acceptors (Lipinski definition) is 3. The highest BCUT2D eigenvalue weighted by atomic mass is 16.4. The monoisotopic (exact) mass is 265 g/mol. The van der Waals surface area contributed by atoms with Crippen molar-refractivity contribution in [3.05, 3.63) is 29.8 Å². The largest absolute Gasteiger partial charge is 0.481 e. The summed E-state index contributed by atoms with van der Waals surface area (Å²) in [5.41, 5.74) is 1.73. The average Bonchev–Trinajstić information content (AvgIpc) is 2.37. The van der Waals surface area contributed by atoms with Gasteiger partial charge in [0.25, 0.3) is 0 Å². The number of para-hydroxylation sites is 1. The summed E-state index contributed by atoms with van der Waals surface area (Å²) in [7, 11) is 1.84. The van der Waals surface area contributed by atoms with E-state index in [0.717, 1.165) is 11.3 Å². The first kappa shape index (κ1) is 15.0. The number of carbonyl (C=O) groups is 2. The van der Waals surface area contributed by atoms with Crippen molar-refractivity contribution in [1.82, 2.24) is 10.6 Å². The van der Waals surface area contributed by atoms with E-state index in [2.05, 4.69) is 16.0 Å². The summed E-state index contributed by atoms with van der Waals surface area (Å²) in [4.78, 5) is 21.9. The lowest BCUT2D eigenvalue weighted by Gasteiger charge is -2.11. The minimum Gasteiger partial charge on any atom is -0.481 e. The average molecular weight is 265 g/mol. The lowest BCUT2D eigenvalue weighted by atomic mass is 10.2. The van der Waals surface area contributed by atoms with Crippen LogP contribution in [0.4, 0.5) is 10.5 Å². The number of anilines is 1. The SMILES string of the molecule is CNCc1ccccc1NC(=O)NCCCC(=O)O. The second kappa shape index (κ2) is 8.10. The Kier molecular flexibility index (Phi) is 6.38. The van der Waals surface area contributed by atoms with Crippen LogP contribution in [0.2, 0.25) is 0 Å². The van der Waals surface area contributed by atoms with Gasteiger partial charge in [-0.1, -0.05) is 18.2 Å². The third-order valence-corrected chi connectivity index (χ3v) is 2.49. The van der Waals surface area contributed by atoms with Crippen LogP contribution in [0.1, 0.15) is 18.4 Å². The topological polar surface area (TPSA) is 90.5 Å². The summed E-state index contributed by atoms with van der Waals surface area (Å²) in [6.07, 6.45) is 0.470. The number of carbonyl (C=O) groups excluding carboxylic acids is 1. The van der Waals surface area contributed by atoms with Crippen LogP contribution >= 0.6 is 0 Å². The van der Waals surface area contributed by atoms with Crippen molar-refractivity contribution in [2.45, 2.75) is 19.4 Å². The van der Waals surface area contributed by atoms with Gasteiger partial charge in [0.2, 0.25) is 0 Å². The molecule has 0 unspecified atom stereocenters. The number of rotatable bonds is 7. The van der Waals surface area contributed by atoms with E-state index in [1.54, 1.807) is 0 Å². The summed E-state index contributed by atoms with van der Waals surface area (Å²) >= 11 is 0. The molecule has 6 nitrogen and oxygen atoms in total. The molecule has 1 aromatic rings. The Morgan fingerprint density at radius 2 is 2.00 bits per heavy atom. The quantitative estimate of drug-likeness (QED) is 0.561. The Morgan fingerprint density at radius 3 is 2.68 bits per heavy atom. The maximum Gasteiger partial charge on any atom is 0.319 e. The predicted molar refractivity (Wildman–Crippen MR) is 73.1 cm³/mol. The van der Waals surface area contributed by atoms with Crippen LogP contribution in [0.15, 0.2) is 24.3 Å². The van der Waals surface area contributed by atoms with Gasteiger partial charge in [-0.2, -0.15) is 0 Å². The number of urea groups is 1. The highest BCUT2D eigenvalue weighted by Crippen LogP contribution is 2.14. The van der Waals surface area contributed by atoms with E-state index in [1.165, 1.54) is 0 Å². The van der Waals surface area contributed by atoms with Crippen molar-refractivity contribution in [3.8, 4) is 0 Å². The van der Waals surface area contributed by atoms with E-state index in [4.69, 9.17) is 5.11 Å². The highest BCUT2D eigenvalue weighted by molar-refractivity contribution is 5.90. The molecule has 19 heavy (non-hydrogen) atoms. The number of carboxylic acid groups (broad SMARTS) is 1. The van der Waals surface area contributed by atoms with Crippen molar-refractivity contribution >= 4 is 17.7 Å². The molecule has 0 atom stereocenters.